The third kappa shape index (κ3) is 2.16. The predicted molar refractivity (Wildman–Crippen MR) is 73.6 cm³/mol. The smallest absolute Gasteiger partial charge is 0.284 e. The van der Waals surface area contributed by atoms with Gasteiger partial charge in [0.15, 0.2) is 0 Å². The molecule has 1 aliphatic carbocycles. The van der Waals surface area contributed by atoms with Gasteiger partial charge in [0.2, 0.25) is 0 Å². The summed E-state index contributed by atoms with van der Waals surface area (Å²) in [5.74, 6) is 0.266. The van der Waals surface area contributed by atoms with Crippen molar-refractivity contribution in [3.8, 4) is 11.5 Å². The Labute approximate surface area is 115 Å². The molecule has 0 bridgehead atoms. The van der Waals surface area contributed by atoms with E-state index < -0.39 is 0 Å². The van der Waals surface area contributed by atoms with Crippen molar-refractivity contribution in [1.29, 1.82) is 0 Å². The molecule has 2 heterocycles. The maximum atomic E-state index is 12.6. The van der Waals surface area contributed by atoms with Crippen LogP contribution in [0.15, 0.2) is 21.3 Å². The van der Waals surface area contributed by atoms with Gasteiger partial charge in [0.05, 0.1) is 0 Å². The van der Waals surface area contributed by atoms with Crippen LogP contribution in [0, 0.1) is 11.8 Å². The van der Waals surface area contributed by atoms with Crippen LogP contribution in [0.5, 0.6) is 0 Å². The largest absolute Gasteiger partial charge is 0.409 e. The van der Waals surface area contributed by atoms with Crippen molar-refractivity contribution in [3.05, 3.63) is 33.0 Å². The second-order valence-corrected chi connectivity index (χ2v) is 5.29. The molecule has 100 valence electrons. The lowest BCUT2D eigenvalue weighted by Gasteiger charge is -2.17. The molecule has 0 amide bonds. The Balaban J connectivity index is 2.15. The molecule has 19 heavy (non-hydrogen) atoms. The highest BCUT2D eigenvalue weighted by Crippen LogP contribution is 2.29. The van der Waals surface area contributed by atoms with Crippen molar-refractivity contribution >= 4 is 12.2 Å². The van der Waals surface area contributed by atoms with E-state index in [1.165, 1.54) is 12.8 Å². The molecule has 2 aromatic rings. The molecule has 5 nitrogen and oxygen atoms in total. The zero-order valence-electron chi connectivity index (χ0n) is 10.7. The van der Waals surface area contributed by atoms with Crippen LogP contribution in [0.25, 0.3) is 11.5 Å². The summed E-state index contributed by atoms with van der Waals surface area (Å²) in [5.41, 5.74) is 1.40. The van der Waals surface area contributed by atoms with Gasteiger partial charge < -0.3 is 8.98 Å². The number of aromatic amines is 1. The van der Waals surface area contributed by atoms with Crippen molar-refractivity contribution in [1.82, 2.24) is 14.8 Å². The molecule has 1 fully saturated rings. The van der Waals surface area contributed by atoms with Crippen molar-refractivity contribution in [2.75, 3.05) is 0 Å². The molecule has 6 heteroatoms. The number of nitrogens with zero attached hydrogens (tertiary/aromatic N) is 2. The molecule has 0 unspecified atom stereocenters. The lowest BCUT2D eigenvalue weighted by atomic mass is 10.2. The van der Waals surface area contributed by atoms with Gasteiger partial charge in [0.1, 0.15) is 5.56 Å². The molecular formula is C13H15N3O2S. The first-order valence-electron chi connectivity index (χ1n) is 6.45. The standard InChI is InChI=1S/C13H15N3O2S/c1-8-6-7-10(11-14-15-13(19)18-11)12(17)16(8)9-4-2-3-5-9/h6-7,9H,2-5H2,1H3,(H,15,19). The summed E-state index contributed by atoms with van der Waals surface area (Å²) in [6.07, 6.45) is 4.50. The Kier molecular flexibility index (Phi) is 3.10. The zero-order chi connectivity index (χ0) is 13.4. The highest BCUT2D eigenvalue weighted by atomic mass is 32.1. The Bertz CT molecular complexity index is 707. The van der Waals surface area contributed by atoms with Gasteiger partial charge in [-0.3, -0.25) is 4.79 Å². The molecule has 0 radical (unpaired) electrons. The first kappa shape index (κ1) is 12.3. The minimum Gasteiger partial charge on any atom is -0.409 e. The van der Waals surface area contributed by atoms with Crippen molar-refractivity contribution in [2.24, 2.45) is 0 Å². The van der Waals surface area contributed by atoms with Crippen molar-refractivity contribution in [2.45, 2.75) is 38.6 Å². The third-order valence-electron chi connectivity index (χ3n) is 3.68. The average molecular weight is 277 g/mol. The number of rotatable bonds is 2. The average Bonchev–Trinajstić information content (AvgIpc) is 3.01. The van der Waals surface area contributed by atoms with Gasteiger partial charge in [-0.25, -0.2) is 5.10 Å². The minimum absolute atomic E-state index is 0.0443. The lowest BCUT2D eigenvalue weighted by Crippen LogP contribution is -2.26. The summed E-state index contributed by atoms with van der Waals surface area (Å²) in [5, 5.41) is 6.48. The van der Waals surface area contributed by atoms with E-state index in [0.717, 1.165) is 18.5 Å². The maximum absolute atomic E-state index is 12.6. The van der Waals surface area contributed by atoms with E-state index in [9.17, 15) is 4.79 Å². The summed E-state index contributed by atoms with van der Waals surface area (Å²) in [4.78, 5) is 12.8. The molecule has 0 atom stereocenters. The fourth-order valence-electron chi connectivity index (χ4n) is 2.77. The molecule has 0 spiro atoms. The van der Waals surface area contributed by atoms with Crippen LogP contribution in [0.4, 0.5) is 0 Å². The number of hydrogen-bond donors (Lipinski definition) is 1. The van der Waals surface area contributed by atoms with Gasteiger partial charge in [0, 0.05) is 11.7 Å². The summed E-state index contributed by atoms with van der Waals surface area (Å²) in [6, 6.07) is 3.98. The minimum atomic E-state index is -0.0443. The van der Waals surface area contributed by atoms with E-state index in [2.05, 4.69) is 10.2 Å². The van der Waals surface area contributed by atoms with E-state index in [4.69, 9.17) is 16.6 Å². The highest BCUT2D eigenvalue weighted by molar-refractivity contribution is 7.71. The Morgan fingerprint density at radius 3 is 2.79 bits per heavy atom. The van der Waals surface area contributed by atoms with Crippen LogP contribution < -0.4 is 5.56 Å². The van der Waals surface area contributed by atoms with Gasteiger partial charge in [-0.15, -0.1) is 5.10 Å². The Hall–Kier alpha value is -1.69. The second-order valence-electron chi connectivity index (χ2n) is 4.92. The first-order chi connectivity index (χ1) is 9.16. The molecule has 1 aliphatic rings. The van der Waals surface area contributed by atoms with E-state index in [0.29, 0.717) is 11.6 Å². The van der Waals surface area contributed by atoms with Gasteiger partial charge >= 0.3 is 0 Å². The number of nitrogens with one attached hydrogen (secondary N) is 1. The number of pyridine rings is 1. The second kappa shape index (κ2) is 4.77. The molecule has 0 saturated heterocycles. The molecular weight excluding hydrogens is 262 g/mol. The summed E-state index contributed by atoms with van der Waals surface area (Å²) in [6.45, 7) is 1.96. The van der Waals surface area contributed by atoms with Crippen molar-refractivity contribution < 1.29 is 4.42 Å². The van der Waals surface area contributed by atoms with E-state index in [-0.39, 0.29) is 16.3 Å². The molecule has 0 aliphatic heterocycles. The van der Waals surface area contributed by atoms with E-state index in [1.807, 2.05) is 17.6 Å². The quantitative estimate of drug-likeness (QED) is 0.857. The third-order valence-corrected chi connectivity index (χ3v) is 3.85. The van der Waals surface area contributed by atoms with Gasteiger partial charge in [-0.2, -0.15) is 0 Å². The molecule has 1 saturated carbocycles. The van der Waals surface area contributed by atoms with E-state index in [1.54, 1.807) is 6.07 Å². The topological polar surface area (TPSA) is 63.8 Å². The monoisotopic (exact) mass is 277 g/mol. The zero-order valence-corrected chi connectivity index (χ0v) is 11.5. The number of hydrogen-bond acceptors (Lipinski definition) is 4. The van der Waals surface area contributed by atoms with Crippen LogP contribution in [-0.4, -0.2) is 14.8 Å². The summed E-state index contributed by atoms with van der Waals surface area (Å²) < 4.78 is 7.11. The van der Waals surface area contributed by atoms with Crippen LogP contribution in [-0.2, 0) is 0 Å². The molecule has 0 aromatic carbocycles. The van der Waals surface area contributed by atoms with Crippen LogP contribution in [0.1, 0.15) is 37.4 Å². The van der Waals surface area contributed by atoms with E-state index >= 15 is 0 Å². The Morgan fingerprint density at radius 1 is 1.42 bits per heavy atom. The molecule has 2 aromatic heterocycles. The lowest BCUT2D eigenvalue weighted by molar-refractivity contribution is 0.489. The maximum Gasteiger partial charge on any atom is 0.284 e. The van der Waals surface area contributed by atoms with Crippen LogP contribution in [0.3, 0.4) is 0 Å². The fraction of sp³-hybridized carbons (Fsp3) is 0.462. The SMILES string of the molecule is Cc1ccc(-c2n[nH]c(=S)o2)c(=O)n1C1CCCC1. The summed E-state index contributed by atoms with van der Waals surface area (Å²) in [7, 11) is 0. The van der Waals surface area contributed by atoms with Crippen LogP contribution in [0.2, 0.25) is 0 Å². The van der Waals surface area contributed by atoms with Crippen molar-refractivity contribution in [3.63, 3.8) is 0 Å². The summed E-state index contributed by atoms with van der Waals surface area (Å²) >= 11 is 4.85. The van der Waals surface area contributed by atoms with Crippen LogP contribution >= 0.6 is 12.2 Å². The highest BCUT2D eigenvalue weighted by Gasteiger charge is 2.22. The number of aryl methyl sites for hydroxylation is 1. The molecule has 1 N–H and O–H groups in total. The first-order valence-corrected chi connectivity index (χ1v) is 6.85. The predicted octanol–water partition coefficient (Wildman–Crippen LogP) is 2.98. The number of H-pyrrole nitrogens is 1. The number of aromatic nitrogens is 3. The Morgan fingerprint density at radius 2 is 2.16 bits per heavy atom. The van der Waals surface area contributed by atoms with Gasteiger partial charge in [0.25, 0.3) is 16.3 Å². The molecule has 3 rings (SSSR count). The van der Waals surface area contributed by atoms with Gasteiger partial charge in [-0.05, 0) is 44.1 Å². The fourth-order valence-corrected chi connectivity index (χ4v) is 2.89. The normalized spacial score (nSPS) is 16.1. The van der Waals surface area contributed by atoms with Gasteiger partial charge in [-0.1, -0.05) is 12.8 Å².